The Labute approximate surface area is 208 Å². The van der Waals surface area contributed by atoms with Gasteiger partial charge in [-0.1, -0.05) is 29.5 Å². The maximum absolute atomic E-state index is 13.9. The summed E-state index contributed by atoms with van der Waals surface area (Å²) in [5.41, 5.74) is 1.41. The lowest BCUT2D eigenvalue weighted by atomic mass is 9.98. The van der Waals surface area contributed by atoms with Crippen molar-refractivity contribution < 1.29 is 23.1 Å². The van der Waals surface area contributed by atoms with Crippen LogP contribution in [0.4, 0.5) is 9.52 Å². The van der Waals surface area contributed by atoms with Gasteiger partial charge in [0.1, 0.15) is 11.4 Å². The van der Waals surface area contributed by atoms with Crippen LogP contribution in [0.3, 0.4) is 0 Å². The summed E-state index contributed by atoms with van der Waals surface area (Å²) < 4.78 is 31.6. The summed E-state index contributed by atoms with van der Waals surface area (Å²) in [5.74, 6) is 0.0736. The van der Waals surface area contributed by atoms with Gasteiger partial charge in [-0.3, -0.25) is 14.5 Å². The van der Waals surface area contributed by atoms with Crippen LogP contribution in [0, 0.1) is 5.82 Å². The fourth-order valence-corrected chi connectivity index (χ4v) is 5.57. The minimum Gasteiger partial charge on any atom is -0.493 e. The number of methoxy groups -OCH3 is 1. The number of hydrogen-bond donors (Lipinski definition) is 0. The zero-order valence-corrected chi connectivity index (χ0v) is 20.1. The molecule has 0 fully saturated rings. The molecule has 180 valence electrons. The van der Waals surface area contributed by atoms with E-state index >= 15 is 0 Å². The second-order valence-electron chi connectivity index (χ2n) is 8.20. The van der Waals surface area contributed by atoms with Crippen molar-refractivity contribution in [2.24, 2.45) is 0 Å². The Kier molecular flexibility index (Phi) is 5.22. The van der Waals surface area contributed by atoms with Crippen LogP contribution in [0.15, 0.2) is 69.9 Å². The number of hydrogen-bond acceptors (Lipinski definition) is 7. The maximum Gasteiger partial charge on any atom is 0.297 e. The number of benzene rings is 3. The number of fused-ring (bicyclic) bond motifs is 3. The molecular formula is C27H19FN2O5S. The fourth-order valence-electron chi connectivity index (χ4n) is 4.55. The molecule has 3 aromatic carbocycles. The summed E-state index contributed by atoms with van der Waals surface area (Å²) in [5, 5.41) is 0.702. The quantitative estimate of drug-likeness (QED) is 0.307. The van der Waals surface area contributed by atoms with Gasteiger partial charge in [0.05, 0.1) is 40.9 Å². The molecule has 36 heavy (non-hydrogen) atoms. The van der Waals surface area contributed by atoms with E-state index in [-0.39, 0.29) is 16.8 Å². The molecule has 0 aliphatic carbocycles. The molecule has 0 unspecified atom stereocenters. The van der Waals surface area contributed by atoms with E-state index in [2.05, 4.69) is 4.98 Å². The minimum atomic E-state index is -0.830. The number of rotatable bonds is 5. The average Bonchev–Trinajstić information content (AvgIpc) is 3.43. The largest absolute Gasteiger partial charge is 0.493 e. The lowest BCUT2D eigenvalue weighted by Gasteiger charge is -2.23. The number of anilines is 1. The van der Waals surface area contributed by atoms with E-state index in [1.807, 2.05) is 6.92 Å². The SMILES string of the molecule is CCOc1ccc([C@H]2c3c(oc4ccccc4c3=O)C(=O)N2c2nc3ccc(F)cc3s2)cc1OC. The molecule has 0 bridgehead atoms. The predicted octanol–water partition coefficient (Wildman–Crippen LogP) is 5.70. The van der Waals surface area contributed by atoms with E-state index in [1.165, 1.54) is 35.5 Å². The number of ether oxygens (including phenoxy) is 2. The molecule has 0 spiro atoms. The monoisotopic (exact) mass is 502 g/mol. The summed E-state index contributed by atoms with van der Waals surface area (Å²) in [4.78, 5) is 33.5. The first-order valence-electron chi connectivity index (χ1n) is 11.3. The molecule has 0 saturated carbocycles. The number of nitrogens with zero attached hydrogens (tertiary/aromatic N) is 2. The van der Waals surface area contributed by atoms with E-state index in [0.717, 1.165) is 0 Å². The summed E-state index contributed by atoms with van der Waals surface area (Å²) in [6.45, 7) is 2.32. The van der Waals surface area contributed by atoms with Gasteiger partial charge < -0.3 is 13.9 Å². The molecule has 0 radical (unpaired) electrons. The Balaban J connectivity index is 1.61. The average molecular weight is 503 g/mol. The first kappa shape index (κ1) is 22.2. The van der Waals surface area contributed by atoms with Crippen LogP contribution in [0.25, 0.3) is 21.2 Å². The molecule has 2 aromatic heterocycles. The highest BCUT2D eigenvalue weighted by Gasteiger charge is 2.45. The number of carbonyl (C=O) groups excluding carboxylic acids is 1. The van der Waals surface area contributed by atoms with Gasteiger partial charge in [0, 0.05) is 0 Å². The molecule has 7 nitrogen and oxygen atoms in total. The van der Waals surface area contributed by atoms with Crippen molar-refractivity contribution in [3.05, 3.63) is 93.6 Å². The molecule has 9 heteroatoms. The number of amides is 1. The van der Waals surface area contributed by atoms with E-state index in [1.54, 1.807) is 48.5 Å². The molecule has 6 rings (SSSR count). The van der Waals surface area contributed by atoms with Gasteiger partial charge in [-0.2, -0.15) is 0 Å². The fraction of sp³-hybridized carbons (Fsp3) is 0.148. The van der Waals surface area contributed by atoms with Gasteiger partial charge in [0.15, 0.2) is 22.1 Å². The summed E-state index contributed by atoms with van der Waals surface area (Å²) in [7, 11) is 1.52. The smallest absolute Gasteiger partial charge is 0.297 e. The second-order valence-corrected chi connectivity index (χ2v) is 9.21. The first-order chi connectivity index (χ1) is 17.5. The van der Waals surface area contributed by atoms with Crippen LogP contribution in [0.5, 0.6) is 11.5 Å². The van der Waals surface area contributed by atoms with Crippen LogP contribution in [-0.2, 0) is 0 Å². The summed E-state index contributed by atoms with van der Waals surface area (Å²) in [6, 6.07) is 15.5. The van der Waals surface area contributed by atoms with Crippen molar-refractivity contribution in [3.8, 4) is 11.5 Å². The maximum atomic E-state index is 13.9. The van der Waals surface area contributed by atoms with Crippen molar-refractivity contribution in [1.29, 1.82) is 0 Å². The lowest BCUT2D eigenvalue weighted by Crippen LogP contribution is -2.29. The van der Waals surface area contributed by atoms with Crippen LogP contribution < -0.4 is 19.8 Å². The van der Waals surface area contributed by atoms with E-state index in [9.17, 15) is 14.0 Å². The van der Waals surface area contributed by atoms with Crippen molar-refractivity contribution in [3.63, 3.8) is 0 Å². The van der Waals surface area contributed by atoms with E-state index in [4.69, 9.17) is 13.9 Å². The molecular weight excluding hydrogens is 483 g/mol. The molecule has 5 aromatic rings. The topological polar surface area (TPSA) is 81.9 Å². The Hall–Kier alpha value is -4.24. The lowest BCUT2D eigenvalue weighted by molar-refractivity contribution is 0.0971. The normalized spacial score (nSPS) is 15.0. The van der Waals surface area contributed by atoms with Gasteiger partial charge in [-0.25, -0.2) is 9.37 Å². The third-order valence-electron chi connectivity index (χ3n) is 6.13. The van der Waals surface area contributed by atoms with Crippen LogP contribution in [0.2, 0.25) is 0 Å². The number of halogens is 1. The van der Waals surface area contributed by atoms with Crippen molar-refractivity contribution in [2.75, 3.05) is 18.6 Å². The molecule has 1 atom stereocenters. The molecule has 1 amide bonds. The van der Waals surface area contributed by atoms with Gasteiger partial charge in [0.2, 0.25) is 5.76 Å². The van der Waals surface area contributed by atoms with Gasteiger partial charge in [-0.05, 0) is 55.0 Å². The summed E-state index contributed by atoms with van der Waals surface area (Å²) in [6.07, 6.45) is 0. The summed E-state index contributed by atoms with van der Waals surface area (Å²) >= 11 is 1.17. The molecule has 0 saturated heterocycles. The molecule has 1 aliphatic heterocycles. The Morgan fingerprint density at radius 3 is 2.72 bits per heavy atom. The van der Waals surface area contributed by atoms with E-state index in [0.29, 0.717) is 50.0 Å². The van der Waals surface area contributed by atoms with Crippen LogP contribution >= 0.6 is 11.3 Å². The first-order valence-corrected chi connectivity index (χ1v) is 12.1. The standard InChI is InChI=1S/C27H19FN2O5S/c1-3-34-19-11-8-14(12-20(19)33-2)23-22-24(31)16-6-4-5-7-18(16)35-25(22)26(32)30(23)27-29-17-10-9-15(28)13-21(17)36-27/h4-13,23H,3H2,1-2H3/t23-/m0/s1. The highest BCUT2D eigenvalue weighted by atomic mass is 32.1. The van der Waals surface area contributed by atoms with Crippen LogP contribution in [0.1, 0.15) is 34.6 Å². The predicted molar refractivity (Wildman–Crippen MR) is 135 cm³/mol. The molecule has 3 heterocycles. The third-order valence-corrected chi connectivity index (χ3v) is 7.14. The minimum absolute atomic E-state index is 0.0398. The molecule has 1 aliphatic rings. The Morgan fingerprint density at radius 1 is 1.08 bits per heavy atom. The highest BCUT2D eigenvalue weighted by molar-refractivity contribution is 7.22. The van der Waals surface area contributed by atoms with E-state index < -0.39 is 17.8 Å². The number of aromatic nitrogens is 1. The number of carbonyl (C=O) groups is 1. The Morgan fingerprint density at radius 2 is 1.92 bits per heavy atom. The highest BCUT2D eigenvalue weighted by Crippen LogP contribution is 2.45. The van der Waals surface area contributed by atoms with Crippen LogP contribution in [-0.4, -0.2) is 24.6 Å². The zero-order chi connectivity index (χ0) is 25.0. The molecule has 0 N–H and O–H groups in total. The van der Waals surface area contributed by atoms with Crippen molar-refractivity contribution >= 4 is 43.6 Å². The van der Waals surface area contributed by atoms with Gasteiger partial charge in [-0.15, -0.1) is 0 Å². The number of thiazole rings is 1. The zero-order valence-electron chi connectivity index (χ0n) is 19.3. The van der Waals surface area contributed by atoms with Gasteiger partial charge >= 0.3 is 0 Å². The van der Waals surface area contributed by atoms with Crippen molar-refractivity contribution in [2.45, 2.75) is 13.0 Å². The number of para-hydroxylation sites is 1. The third kappa shape index (κ3) is 3.35. The second kappa shape index (κ2) is 8.46. The van der Waals surface area contributed by atoms with Gasteiger partial charge in [0.25, 0.3) is 5.91 Å². The Bertz CT molecular complexity index is 1730. The van der Waals surface area contributed by atoms with Crippen molar-refractivity contribution in [1.82, 2.24) is 4.98 Å².